The molecule has 0 nitrogen and oxygen atoms in total. The second kappa shape index (κ2) is 4.63. The molecule has 0 fully saturated rings. The van der Waals surface area contributed by atoms with Crippen LogP contribution in [0.2, 0.25) is 0 Å². The predicted molar refractivity (Wildman–Crippen MR) is 38.5 cm³/mol. The smallest absolute Gasteiger partial charge is 0.0144 e. The summed E-state index contributed by atoms with van der Waals surface area (Å²) in [4.78, 5) is 0. The van der Waals surface area contributed by atoms with E-state index >= 15 is 0 Å². The predicted octanol–water partition coefficient (Wildman–Crippen LogP) is 2.73. The minimum Gasteiger partial charge on any atom is -0.0998 e. The minimum absolute atomic E-state index is 0.882. The first-order valence-corrected chi connectivity index (χ1v) is 2.86. The van der Waals surface area contributed by atoms with Crippen LogP contribution in [0.4, 0.5) is 0 Å². The maximum atomic E-state index is 3.76. The van der Waals surface area contributed by atoms with E-state index in [9.17, 15) is 0 Å². The first kappa shape index (κ1) is 7.48. The van der Waals surface area contributed by atoms with E-state index in [0.717, 1.165) is 12.8 Å². The van der Waals surface area contributed by atoms with Gasteiger partial charge >= 0.3 is 0 Å². The summed E-state index contributed by atoms with van der Waals surface area (Å²) in [5.41, 5.74) is 1.20. The summed E-state index contributed by atoms with van der Waals surface area (Å²) in [5.74, 6) is 0. The van der Waals surface area contributed by atoms with E-state index in [-0.39, 0.29) is 0 Å². The first-order valence-electron chi connectivity index (χ1n) is 2.86. The highest BCUT2D eigenvalue weighted by Crippen LogP contribution is 1.95. The van der Waals surface area contributed by atoms with Gasteiger partial charge in [-0.3, -0.25) is 0 Å². The lowest BCUT2D eigenvalue weighted by Gasteiger charge is -1.86. The Bertz CT molecular complexity index is 88.2. The molecule has 0 aromatic carbocycles. The van der Waals surface area contributed by atoms with Gasteiger partial charge in [0.05, 0.1) is 0 Å². The molecule has 0 rings (SSSR count). The SMILES string of the molecule is [CH2]CC=CCC(=C)C. The van der Waals surface area contributed by atoms with Gasteiger partial charge in [0.2, 0.25) is 0 Å². The summed E-state index contributed by atoms with van der Waals surface area (Å²) in [6.07, 6.45) is 6.02. The van der Waals surface area contributed by atoms with Crippen LogP contribution in [0.25, 0.3) is 0 Å². The van der Waals surface area contributed by atoms with Crippen molar-refractivity contribution in [2.24, 2.45) is 0 Å². The van der Waals surface area contributed by atoms with Crippen molar-refractivity contribution >= 4 is 0 Å². The Morgan fingerprint density at radius 1 is 1.50 bits per heavy atom. The maximum absolute atomic E-state index is 3.76. The molecule has 0 saturated heterocycles. The molecule has 0 aromatic rings. The molecule has 0 heterocycles. The quantitative estimate of drug-likeness (QED) is 0.489. The van der Waals surface area contributed by atoms with Gasteiger partial charge in [-0.15, -0.1) is 0 Å². The molecule has 0 aliphatic heterocycles. The van der Waals surface area contributed by atoms with Crippen LogP contribution in [0.15, 0.2) is 24.3 Å². The van der Waals surface area contributed by atoms with Crippen molar-refractivity contribution in [2.45, 2.75) is 19.8 Å². The van der Waals surface area contributed by atoms with Crippen molar-refractivity contribution in [1.29, 1.82) is 0 Å². The Labute approximate surface area is 51.9 Å². The molecule has 0 saturated carbocycles. The van der Waals surface area contributed by atoms with Crippen LogP contribution < -0.4 is 0 Å². The van der Waals surface area contributed by atoms with Crippen LogP contribution in [0.5, 0.6) is 0 Å². The molecule has 8 heavy (non-hydrogen) atoms. The van der Waals surface area contributed by atoms with Crippen molar-refractivity contribution < 1.29 is 0 Å². The third kappa shape index (κ3) is 5.48. The number of hydrogen-bond donors (Lipinski definition) is 0. The topological polar surface area (TPSA) is 0 Å². The Hall–Kier alpha value is -0.520. The van der Waals surface area contributed by atoms with E-state index < -0.39 is 0 Å². The highest BCUT2D eigenvalue weighted by atomic mass is 13.8. The normalized spacial score (nSPS) is 10.2. The monoisotopic (exact) mass is 109 g/mol. The van der Waals surface area contributed by atoms with E-state index in [1.165, 1.54) is 5.57 Å². The molecule has 0 aliphatic carbocycles. The molecule has 0 aromatic heterocycles. The van der Waals surface area contributed by atoms with Crippen LogP contribution in [0, 0.1) is 6.92 Å². The lowest BCUT2D eigenvalue weighted by Crippen LogP contribution is -1.65. The minimum atomic E-state index is 0.882. The van der Waals surface area contributed by atoms with Gasteiger partial charge in [-0.1, -0.05) is 24.3 Å². The lowest BCUT2D eigenvalue weighted by molar-refractivity contribution is 1.21. The van der Waals surface area contributed by atoms with Gasteiger partial charge in [0.25, 0.3) is 0 Å². The molecular formula is C8H13. The third-order valence-electron chi connectivity index (χ3n) is 0.800. The molecule has 0 amide bonds. The summed E-state index contributed by atoms with van der Waals surface area (Å²) in [5, 5.41) is 0. The van der Waals surface area contributed by atoms with E-state index in [1.807, 2.05) is 6.92 Å². The lowest BCUT2D eigenvalue weighted by atomic mass is 10.2. The van der Waals surface area contributed by atoms with Crippen LogP contribution in [-0.2, 0) is 0 Å². The molecule has 45 valence electrons. The van der Waals surface area contributed by atoms with Crippen molar-refractivity contribution in [3.05, 3.63) is 31.2 Å². The van der Waals surface area contributed by atoms with Gasteiger partial charge in [-0.25, -0.2) is 0 Å². The second-order valence-electron chi connectivity index (χ2n) is 1.92. The molecule has 0 N–H and O–H groups in total. The van der Waals surface area contributed by atoms with E-state index in [0.29, 0.717) is 0 Å². The number of allylic oxidation sites excluding steroid dienone is 3. The third-order valence-corrected chi connectivity index (χ3v) is 0.800. The summed E-state index contributed by atoms with van der Waals surface area (Å²) < 4.78 is 0. The van der Waals surface area contributed by atoms with Gasteiger partial charge in [0.15, 0.2) is 0 Å². The largest absolute Gasteiger partial charge is 0.0998 e. The summed E-state index contributed by atoms with van der Waals surface area (Å²) in [6.45, 7) is 9.44. The Morgan fingerprint density at radius 3 is 2.50 bits per heavy atom. The summed E-state index contributed by atoms with van der Waals surface area (Å²) >= 11 is 0. The number of hydrogen-bond acceptors (Lipinski definition) is 0. The van der Waals surface area contributed by atoms with Crippen LogP contribution >= 0.6 is 0 Å². The van der Waals surface area contributed by atoms with Gasteiger partial charge in [0.1, 0.15) is 0 Å². The fourth-order valence-electron chi connectivity index (χ4n) is 0.402. The molecule has 0 unspecified atom stereocenters. The fourth-order valence-corrected chi connectivity index (χ4v) is 0.402. The molecule has 0 atom stereocenters. The molecular weight excluding hydrogens is 96.1 g/mol. The van der Waals surface area contributed by atoms with Crippen LogP contribution in [-0.4, -0.2) is 0 Å². The zero-order chi connectivity index (χ0) is 6.41. The summed E-state index contributed by atoms with van der Waals surface area (Å²) in [6, 6.07) is 0. The average Bonchev–Trinajstić information content (AvgIpc) is 1.66. The zero-order valence-corrected chi connectivity index (χ0v) is 5.48. The standard InChI is InChI=1S/C8H13/c1-4-5-6-7-8(2)3/h5-6H,1-2,4,7H2,3H3. The molecule has 0 spiro atoms. The Balaban J connectivity index is 3.16. The molecule has 1 radical (unpaired) electrons. The Kier molecular flexibility index (Phi) is 4.33. The first-order chi connectivity index (χ1) is 3.77. The van der Waals surface area contributed by atoms with Crippen LogP contribution in [0.1, 0.15) is 19.8 Å². The molecule has 0 bridgehead atoms. The van der Waals surface area contributed by atoms with Crippen LogP contribution in [0.3, 0.4) is 0 Å². The van der Waals surface area contributed by atoms with Crippen molar-refractivity contribution in [2.75, 3.05) is 0 Å². The van der Waals surface area contributed by atoms with Crippen molar-refractivity contribution in [3.63, 3.8) is 0 Å². The van der Waals surface area contributed by atoms with E-state index in [4.69, 9.17) is 0 Å². The van der Waals surface area contributed by atoms with Crippen molar-refractivity contribution in [1.82, 2.24) is 0 Å². The average molecular weight is 109 g/mol. The zero-order valence-electron chi connectivity index (χ0n) is 5.48. The fraction of sp³-hybridized carbons (Fsp3) is 0.375. The van der Waals surface area contributed by atoms with E-state index in [2.05, 4.69) is 25.7 Å². The maximum Gasteiger partial charge on any atom is -0.0144 e. The molecule has 0 heteroatoms. The number of rotatable bonds is 3. The van der Waals surface area contributed by atoms with E-state index in [1.54, 1.807) is 0 Å². The Morgan fingerprint density at radius 2 is 2.12 bits per heavy atom. The van der Waals surface area contributed by atoms with Crippen molar-refractivity contribution in [3.8, 4) is 0 Å². The van der Waals surface area contributed by atoms with Gasteiger partial charge < -0.3 is 0 Å². The van der Waals surface area contributed by atoms with Gasteiger partial charge in [0, 0.05) is 0 Å². The van der Waals surface area contributed by atoms with Gasteiger partial charge in [-0.05, 0) is 26.7 Å². The molecule has 0 aliphatic rings. The van der Waals surface area contributed by atoms with Gasteiger partial charge in [-0.2, -0.15) is 0 Å². The highest BCUT2D eigenvalue weighted by Gasteiger charge is 1.75. The second-order valence-corrected chi connectivity index (χ2v) is 1.92. The highest BCUT2D eigenvalue weighted by molar-refractivity contribution is 4.98. The summed E-state index contributed by atoms with van der Waals surface area (Å²) in [7, 11) is 0.